The lowest BCUT2D eigenvalue weighted by molar-refractivity contribution is -0.121. The molecule has 1 amide bonds. The highest BCUT2D eigenvalue weighted by atomic mass is 16.5. The lowest BCUT2D eigenvalue weighted by Gasteiger charge is -2.28. The number of aromatic nitrogens is 2. The van der Waals surface area contributed by atoms with E-state index in [1.807, 2.05) is 26.0 Å². The summed E-state index contributed by atoms with van der Waals surface area (Å²) in [5.41, 5.74) is 1.21. The number of carbonyl (C=O) groups is 1. The van der Waals surface area contributed by atoms with Crippen LogP contribution in [-0.2, 0) is 11.2 Å². The van der Waals surface area contributed by atoms with Crippen LogP contribution in [0.15, 0.2) is 28.8 Å². The third-order valence-corrected chi connectivity index (χ3v) is 5.37. The molecule has 0 aliphatic carbocycles. The second-order valence-electron chi connectivity index (χ2n) is 7.89. The van der Waals surface area contributed by atoms with Crippen LogP contribution in [0.1, 0.15) is 68.8 Å². The Bertz CT molecular complexity index is 767. The summed E-state index contributed by atoms with van der Waals surface area (Å²) < 4.78 is 10.5. The van der Waals surface area contributed by atoms with Gasteiger partial charge in [-0.1, -0.05) is 31.1 Å². The van der Waals surface area contributed by atoms with Crippen molar-refractivity contribution in [2.45, 2.75) is 57.9 Å². The van der Waals surface area contributed by atoms with Crippen LogP contribution < -0.4 is 10.1 Å². The Labute approximate surface area is 172 Å². The fourth-order valence-electron chi connectivity index (χ4n) is 3.64. The Morgan fingerprint density at radius 3 is 2.59 bits per heavy atom. The van der Waals surface area contributed by atoms with Gasteiger partial charge in [0.1, 0.15) is 5.75 Å². The van der Waals surface area contributed by atoms with Gasteiger partial charge < -0.3 is 14.6 Å². The smallest absolute Gasteiger partial charge is 0.226 e. The summed E-state index contributed by atoms with van der Waals surface area (Å²) >= 11 is 0. The second-order valence-corrected chi connectivity index (χ2v) is 7.89. The first-order valence-electron chi connectivity index (χ1n) is 10.5. The maximum Gasteiger partial charge on any atom is 0.226 e. The Morgan fingerprint density at radius 1 is 1.24 bits per heavy atom. The van der Waals surface area contributed by atoms with E-state index in [9.17, 15) is 4.79 Å². The summed E-state index contributed by atoms with van der Waals surface area (Å²) in [6.07, 6.45) is 4.20. The molecular weight excluding hydrogens is 368 g/mol. The molecule has 1 aliphatic heterocycles. The number of amides is 1. The third-order valence-electron chi connectivity index (χ3n) is 5.37. The number of ether oxygens (including phenoxy) is 1. The first kappa shape index (κ1) is 21.3. The summed E-state index contributed by atoms with van der Waals surface area (Å²) in [5, 5.41) is 7.08. The van der Waals surface area contributed by atoms with E-state index in [1.165, 1.54) is 18.4 Å². The zero-order chi connectivity index (χ0) is 20.6. The molecule has 0 spiro atoms. The number of likely N-dealkylation sites (tertiary alicyclic amines) is 1. The van der Waals surface area contributed by atoms with Crippen LogP contribution in [0, 0.1) is 0 Å². The molecule has 1 atom stereocenters. The molecule has 0 bridgehead atoms. The quantitative estimate of drug-likeness (QED) is 0.658. The van der Waals surface area contributed by atoms with Crippen LogP contribution in [0.4, 0.5) is 0 Å². The van der Waals surface area contributed by atoms with Crippen LogP contribution in [-0.4, -0.2) is 47.7 Å². The van der Waals surface area contributed by atoms with Gasteiger partial charge in [-0.05, 0) is 50.0 Å². The van der Waals surface area contributed by atoms with E-state index in [0.717, 1.165) is 24.7 Å². The highest BCUT2D eigenvalue weighted by molar-refractivity contribution is 5.75. The van der Waals surface area contributed by atoms with E-state index in [0.29, 0.717) is 31.7 Å². The molecule has 3 rings (SSSR count). The number of nitrogens with one attached hydrogen (secondary N) is 1. The highest BCUT2D eigenvalue weighted by Gasteiger charge is 2.24. The minimum absolute atomic E-state index is 0.0614. The Hall–Kier alpha value is -2.41. The molecule has 7 heteroatoms. The van der Waals surface area contributed by atoms with Crippen LogP contribution in [0.5, 0.6) is 5.75 Å². The maximum atomic E-state index is 12.4. The van der Waals surface area contributed by atoms with Gasteiger partial charge in [0.2, 0.25) is 11.8 Å². The first-order valence-corrected chi connectivity index (χ1v) is 10.5. The highest BCUT2D eigenvalue weighted by Crippen LogP contribution is 2.26. The summed E-state index contributed by atoms with van der Waals surface area (Å²) in [7, 11) is 1.67. The number of hydrogen-bond donors (Lipinski definition) is 1. The standard InChI is InChI=1S/C22H32N4O3/c1-16(2)22-24-21(29-25-22)8-6-7-20(27)23-15-19(26-13-4-5-14-26)17-9-11-18(28-3)12-10-17/h9-12,16,19H,4-8,13-15H2,1-3H3,(H,23,27). The minimum Gasteiger partial charge on any atom is -0.497 e. The van der Waals surface area contributed by atoms with Gasteiger partial charge in [-0.15, -0.1) is 0 Å². The van der Waals surface area contributed by atoms with E-state index in [1.54, 1.807) is 7.11 Å². The van der Waals surface area contributed by atoms with Crippen molar-refractivity contribution in [2.24, 2.45) is 0 Å². The average molecular weight is 401 g/mol. The molecule has 158 valence electrons. The molecule has 1 aromatic carbocycles. The molecule has 29 heavy (non-hydrogen) atoms. The molecule has 2 aromatic rings. The van der Waals surface area contributed by atoms with Crippen molar-refractivity contribution in [1.29, 1.82) is 0 Å². The maximum absolute atomic E-state index is 12.4. The van der Waals surface area contributed by atoms with Gasteiger partial charge in [0.25, 0.3) is 0 Å². The normalized spacial score (nSPS) is 15.6. The van der Waals surface area contributed by atoms with Crippen molar-refractivity contribution in [3.8, 4) is 5.75 Å². The zero-order valence-electron chi connectivity index (χ0n) is 17.7. The molecule has 1 fully saturated rings. The average Bonchev–Trinajstić information content (AvgIpc) is 3.41. The Morgan fingerprint density at radius 2 is 1.97 bits per heavy atom. The van der Waals surface area contributed by atoms with Crippen LogP contribution in [0.2, 0.25) is 0 Å². The monoisotopic (exact) mass is 400 g/mol. The van der Waals surface area contributed by atoms with Gasteiger partial charge in [-0.25, -0.2) is 0 Å². The second kappa shape index (κ2) is 10.4. The van der Waals surface area contributed by atoms with E-state index in [2.05, 4.69) is 32.5 Å². The molecule has 0 radical (unpaired) electrons. The lowest BCUT2D eigenvalue weighted by atomic mass is 10.0. The molecule has 1 aromatic heterocycles. The van der Waals surface area contributed by atoms with E-state index >= 15 is 0 Å². The number of aryl methyl sites for hydroxylation is 1. The fraction of sp³-hybridized carbons (Fsp3) is 0.591. The van der Waals surface area contributed by atoms with Gasteiger partial charge in [0, 0.05) is 25.3 Å². The van der Waals surface area contributed by atoms with Gasteiger partial charge in [0.15, 0.2) is 5.82 Å². The number of benzene rings is 1. The van der Waals surface area contributed by atoms with E-state index in [-0.39, 0.29) is 17.9 Å². The van der Waals surface area contributed by atoms with Gasteiger partial charge in [0.05, 0.1) is 13.2 Å². The number of carbonyl (C=O) groups excluding carboxylic acids is 1. The summed E-state index contributed by atoms with van der Waals surface area (Å²) in [4.78, 5) is 19.2. The predicted molar refractivity (Wildman–Crippen MR) is 111 cm³/mol. The van der Waals surface area contributed by atoms with Crippen molar-refractivity contribution in [1.82, 2.24) is 20.4 Å². The van der Waals surface area contributed by atoms with E-state index < -0.39 is 0 Å². The Balaban J connectivity index is 1.49. The Kier molecular flexibility index (Phi) is 7.63. The zero-order valence-corrected chi connectivity index (χ0v) is 17.7. The van der Waals surface area contributed by atoms with Crippen molar-refractivity contribution in [2.75, 3.05) is 26.7 Å². The SMILES string of the molecule is COc1ccc(C(CNC(=O)CCCc2nc(C(C)C)no2)N2CCCC2)cc1. The predicted octanol–water partition coefficient (Wildman–Crippen LogP) is 3.48. The van der Waals surface area contributed by atoms with Crippen molar-refractivity contribution in [3.63, 3.8) is 0 Å². The molecule has 7 nitrogen and oxygen atoms in total. The lowest BCUT2D eigenvalue weighted by Crippen LogP contribution is -2.36. The van der Waals surface area contributed by atoms with Crippen molar-refractivity contribution in [3.05, 3.63) is 41.5 Å². The number of hydrogen-bond acceptors (Lipinski definition) is 6. The topological polar surface area (TPSA) is 80.5 Å². The molecular formula is C22H32N4O3. The molecule has 1 N–H and O–H groups in total. The fourth-order valence-corrected chi connectivity index (χ4v) is 3.64. The van der Waals surface area contributed by atoms with Crippen molar-refractivity contribution < 1.29 is 14.1 Å². The summed E-state index contributed by atoms with van der Waals surface area (Å²) in [5.74, 6) is 2.48. The van der Waals surface area contributed by atoms with Gasteiger partial charge in [-0.3, -0.25) is 9.69 Å². The molecule has 1 aliphatic rings. The first-order chi connectivity index (χ1) is 14.1. The molecule has 2 heterocycles. The number of nitrogens with zero attached hydrogens (tertiary/aromatic N) is 3. The van der Waals surface area contributed by atoms with Crippen LogP contribution >= 0.6 is 0 Å². The third kappa shape index (κ3) is 6.03. The van der Waals surface area contributed by atoms with Crippen LogP contribution in [0.3, 0.4) is 0 Å². The summed E-state index contributed by atoms with van der Waals surface area (Å²) in [6.45, 7) is 6.82. The van der Waals surface area contributed by atoms with Gasteiger partial charge >= 0.3 is 0 Å². The van der Waals surface area contributed by atoms with Crippen LogP contribution in [0.25, 0.3) is 0 Å². The largest absolute Gasteiger partial charge is 0.497 e. The van der Waals surface area contributed by atoms with Crippen molar-refractivity contribution >= 4 is 5.91 Å². The molecule has 0 saturated carbocycles. The van der Waals surface area contributed by atoms with E-state index in [4.69, 9.17) is 9.26 Å². The minimum atomic E-state index is 0.0614. The number of methoxy groups -OCH3 is 1. The summed E-state index contributed by atoms with van der Waals surface area (Å²) in [6, 6.07) is 8.34. The van der Waals surface area contributed by atoms with Gasteiger partial charge in [-0.2, -0.15) is 4.98 Å². The molecule has 1 unspecified atom stereocenters. The molecule has 1 saturated heterocycles. The number of rotatable bonds is 10.